The van der Waals surface area contributed by atoms with Gasteiger partial charge in [-0.05, 0) is 23.8 Å². The van der Waals surface area contributed by atoms with Gasteiger partial charge in [0.15, 0.2) is 17.3 Å². The van der Waals surface area contributed by atoms with Gasteiger partial charge in [-0.2, -0.15) is 0 Å². The smallest absolute Gasteiger partial charge is 0.231 e. The number of fused-ring (bicyclic) bond motifs is 2. The van der Waals surface area contributed by atoms with E-state index in [9.17, 15) is 4.79 Å². The quantitative estimate of drug-likeness (QED) is 0.814. The lowest BCUT2D eigenvalue weighted by atomic mass is 9.87. The normalized spacial score (nSPS) is 20.1. The first-order valence-corrected chi connectivity index (χ1v) is 9.12. The van der Waals surface area contributed by atoms with Crippen LogP contribution >= 0.6 is 0 Å². The maximum Gasteiger partial charge on any atom is 0.231 e. The van der Waals surface area contributed by atoms with Crippen LogP contribution in [0, 0.1) is 0 Å². The van der Waals surface area contributed by atoms with Crippen LogP contribution in [0.5, 0.6) is 23.0 Å². The number of Topliss-reactive ketones (excluding diaryl/α,β-unsaturated/α-hetero) is 1. The molecule has 142 valence electrons. The topological polar surface area (TPSA) is 58.4 Å². The van der Waals surface area contributed by atoms with E-state index < -0.39 is 0 Å². The van der Waals surface area contributed by atoms with Crippen LogP contribution in [0.15, 0.2) is 30.3 Å². The number of hydrogen-bond donors (Lipinski definition) is 1. The Hall–Kier alpha value is -2.73. The second-order valence-electron chi connectivity index (χ2n) is 6.94. The summed E-state index contributed by atoms with van der Waals surface area (Å²) in [6, 6.07) is 9.38. The van der Waals surface area contributed by atoms with Gasteiger partial charge in [0.2, 0.25) is 12.5 Å². The molecule has 0 spiro atoms. The van der Waals surface area contributed by atoms with Gasteiger partial charge in [-0.3, -0.25) is 4.79 Å². The minimum Gasteiger partial charge on any atom is -0.496 e. The number of quaternary nitrogens is 1. The average molecular weight is 370 g/mol. The molecule has 0 amide bonds. The predicted molar refractivity (Wildman–Crippen MR) is 99.3 cm³/mol. The molecule has 6 heteroatoms. The average Bonchev–Trinajstić information content (AvgIpc) is 3.16. The van der Waals surface area contributed by atoms with E-state index in [-0.39, 0.29) is 18.6 Å². The molecule has 0 fully saturated rings. The van der Waals surface area contributed by atoms with Gasteiger partial charge in [0.05, 0.1) is 45.4 Å². The minimum atomic E-state index is -0.0180. The number of hydrogen-bond acceptors (Lipinski definition) is 5. The van der Waals surface area contributed by atoms with Gasteiger partial charge < -0.3 is 23.8 Å². The lowest BCUT2D eigenvalue weighted by Gasteiger charge is -2.32. The summed E-state index contributed by atoms with van der Waals surface area (Å²) in [5, 5.41) is 0. The Bertz CT molecular complexity index is 879. The SMILES string of the molecule is COc1ccccc1C(=O)C[C@H]1c2c(cc3c(c2OC)OCO3)CC[NH+]1C. The lowest BCUT2D eigenvalue weighted by Crippen LogP contribution is -3.10. The molecule has 1 unspecified atom stereocenters. The van der Waals surface area contributed by atoms with Crippen LogP contribution in [-0.4, -0.2) is 40.4 Å². The summed E-state index contributed by atoms with van der Waals surface area (Å²) in [4.78, 5) is 14.4. The Labute approximate surface area is 158 Å². The van der Waals surface area contributed by atoms with E-state index >= 15 is 0 Å². The number of benzene rings is 2. The monoisotopic (exact) mass is 370 g/mol. The number of carbonyl (C=O) groups is 1. The van der Waals surface area contributed by atoms with E-state index in [0.717, 1.165) is 24.3 Å². The molecular formula is C21H24NO5+. The van der Waals surface area contributed by atoms with Crippen LogP contribution in [0.4, 0.5) is 0 Å². The van der Waals surface area contributed by atoms with Crippen molar-refractivity contribution in [1.29, 1.82) is 0 Å². The Morgan fingerprint density at radius 2 is 2.04 bits per heavy atom. The fourth-order valence-electron chi connectivity index (χ4n) is 4.07. The molecule has 0 aromatic heterocycles. The van der Waals surface area contributed by atoms with Crippen molar-refractivity contribution in [1.82, 2.24) is 0 Å². The molecule has 2 atom stereocenters. The van der Waals surface area contributed by atoms with Crippen molar-refractivity contribution in [2.45, 2.75) is 18.9 Å². The molecular weight excluding hydrogens is 346 g/mol. The molecule has 0 aliphatic carbocycles. The molecule has 2 aromatic carbocycles. The number of carbonyl (C=O) groups excluding carboxylic acids is 1. The maximum atomic E-state index is 13.1. The van der Waals surface area contributed by atoms with Crippen molar-refractivity contribution in [3.05, 3.63) is 47.0 Å². The van der Waals surface area contributed by atoms with Crippen molar-refractivity contribution in [3.8, 4) is 23.0 Å². The first kappa shape index (κ1) is 17.7. The van der Waals surface area contributed by atoms with Gasteiger partial charge in [-0.25, -0.2) is 0 Å². The standard InChI is InChI=1S/C21H23NO5/c1-22-9-8-13-10-18-20(27-12-26-18)21(25-3)19(13)15(22)11-16(23)14-6-4-5-7-17(14)24-2/h4-7,10,15H,8-9,11-12H2,1-3H3/p+1/t15-/m0/s1. The highest BCUT2D eigenvalue weighted by molar-refractivity contribution is 5.99. The van der Waals surface area contributed by atoms with Gasteiger partial charge in [0, 0.05) is 6.42 Å². The zero-order valence-corrected chi connectivity index (χ0v) is 15.8. The van der Waals surface area contributed by atoms with E-state index in [0.29, 0.717) is 29.2 Å². The van der Waals surface area contributed by atoms with Crippen molar-refractivity contribution in [2.24, 2.45) is 0 Å². The molecule has 27 heavy (non-hydrogen) atoms. The molecule has 0 saturated carbocycles. The number of ketones is 1. The number of likely N-dealkylation sites (N-methyl/N-ethyl adjacent to an activating group) is 1. The molecule has 6 nitrogen and oxygen atoms in total. The van der Waals surface area contributed by atoms with Crippen molar-refractivity contribution in [3.63, 3.8) is 0 Å². The molecule has 0 radical (unpaired) electrons. The van der Waals surface area contributed by atoms with Crippen LogP contribution in [0.25, 0.3) is 0 Å². The third-order valence-electron chi connectivity index (χ3n) is 5.48. The molecule has 4 rings (SSSR count). The Kier molecular flexibility index (Phi) is 4.66. The van der Waals surface area contributed by atoms with E-state index in [1.54, 1.807) is 14.2 Å². The highest BCUT2D eigenvalue weighted by atomic mass is 16.7. The Morgan fingerprint density at radius 1 is 1.22 bits per heavy atom. The van der Waals surface area contributed by atoms with E-state index in [1.807, 2.05) is 30.3 Å². The summed E-state index contributed by atoms with van der Waals surface area (Å²) in [6.07, 6.45) is 1.28. The maximum absolute atomic E-state index is 13.1. The van der Waals surface area contributed by atoms with Gasteiger partial charge >= 0.3 is 0 Å². The van der Waals surface area contributed by atoms with Gasteiger partial charge in [-0.1, -0.05) is 12.1 Å². The zero-order chi connectivity index (χ0) is 19.0. The summed E-state index contributed by atoms with van der Waals surface area (Å²) >= 11 is 0. The zero-order valence-electron chi connectivity index (χ0n) is 15.8. The molecule has 2 heterocycles. The summed E-state index contributed by atoms with van der Waals surface area (Å²) in [7, 11) is 5.34. The van der Waals surface area contributed by atoms with E-state index in [4.69, 9.17) is 18.9 Å². The number of para-hydroxylation sites is 1. The first-order chi connectivity index (χ1) is 13.1. The largest absolute Gasteiger partial charge is 0.496 e. The second-order valence-corrected chi connectivity index (χ2v) is 6.94. The van der Waals surface area contributed by atoms with E-state index in [2.05, 4.69) is 7.05 Å². The highest BCUT2D eigenvalue weighted by Gasteiger charge is 2.37. The number of nitrogens with one attached hydrogen (secondary N) is 1. The molecule has 2 aliphatic heterocycles. The third kappa shape index (κ3) is 3.00. The summed E-state index contributed by atoms with van der Waals surface area (Å²) in [5.41, 5.74) is 2.83. The van der Waals surface area contributed by atoms with Crippen molar-refractivity contribution in [2.75, 3.05) is 34.6 Å². The fraction of sp³-hybridized carbons (Fsp3) is 0.381. The van der Waals surface area contributed by atoms with Crippen LogP contribution in [-0.2, 0) is 6.42 Å². The molecule has 2 aromatic rings. The summed E-state index contributed by atoms with van der Waals surface area (Å²) < 4.78 is 22.3. The summed E-state index contributed by atoms with van der Waals surface area (Å²) in [5.74, 6) is 2.72. The van der Waals surface area contributed by atoms with Gasteiger partial charge in [0.1, 0.15) is 11.8 Å². The Morgan fingerprint density at radius 3 is 2.81 bits per heavy atom. The van der Waals surface area contributed by atoms with Crippen LogP contribution < -0.4 is 23.8 Å². The van der Waals surface area contributed by atoms with Crippen molar-refractivity contribution >= 4 is 5.78 Å². The highest BCUT2D eigenvalue weighted by Crippen LogP contribution is 2.48. The number of ether oxygens (including phenoxy) is 4. The van der Waals surface area contributed by atoms with Crippen LogP contribution in [0.3, 0.4) is 0 Å². The third-order valence-corrected chi connectivity index (χ3v) is 5.48. The predicted octanol–water partition coefficient (Wildman–Crippen LogP) is 1.82. The van der Waals surface area contributed by atoms with Gasteiger partial charge in [-0.15, -0.1) is 0 Å². The summed E-state index contributed by atoms with van der Waals surface area (Å²) in [6.45, 7) is 1.14. The van der Waals surface area contributed by atoms with Gasteiger partial charge in [0.25, 0.3) is 0 Å². The Balaban J connectivity index is 1.73. The van der Waals surface area contributed by atoms with Crippen LogP contribution in [0.1, 0.15) is 33.9 Å². The number of methoxy groups -OCH3 is 2. The van der Waals surface area contributed by atoms with E-state index in [1.165, 1.54) is 10.5 Å². The molecule has 1 N–H and O–H groups in total. The molecule has 0 saturated heterocycles. The van der Waals surface area contributed by atoms with Crippen molar-refractivity contribution < 1.29 is 28.6 Å². The fourth-order valence-corrected chi connectivity index (χ4v) is 4.07. The molecule has 0 bridgehead atoms. The minimum absolute atomic E-state index is 0.0180. The van der Waals surface area contributed by atoms with Crippen LogP contribution in [0.2, 0.25) is 0 Å². The lowest BCUT2D eigenvalue weighted by molar-refractivity contribution is -0.913. The number of rotatable bonds is 5. The second kappa shape index (κ2) is 7.12. The molecule has 2 aliphatic rings. The first-order valence-electron chi connectivity index (χ1n) is 9.12.